The molecule has 0 amide bonds. The van der Waals surface area contributed by atoms with Crippen molar-refractivity contribution in [3.63, 3.8) is 0 Å². The molecule has 0 aliphatic carbocycles. The Morgan fingerprint density at radius 2 is 1.57 bits per heavy atom. The van der Waals surface area contributed by atoms with E-state index in [0.29, 0.717) is 12.8 Å². The van der Waals surface area contributed by atoms with Crippen LogP contribution in [-0.2, 0) is 28.5 Å². The highest BCUT2D eigenvalue weighted by Crippen LogP contribution is 2.24. The fourth-order valence-electron chi connectivity index (χ4n) is 2.24. The topological polar surface area (TPSA) is 100 Å². The lowest BCUT2D eigenvalue weighted by molar-refractivity contribution is -0.186. The van der Waals surface area contributed by atoms with Crippen molar-refractivity contribution >= 4 is 18.1 Å². The molecule has 0 spiro atoms. The molecule has 8 heteroatoms. The van der Waals surface area contributed by atoms with E-state index >= 15 is 0 Å². The third kappa shape index (κ3) is 14.3. The second kappa shape index (κ2) is 11.9. The Hall–Kier alpha value is -1.83. The van der Waals surface area contributed by atoms with E-state index in [1.807, 2.05) is 48.5 Å². The summed E-state index contributed by atoms with van der Waals surface area (Å²) in [5, 5.41) is 2.97. The zero-order valence-corrected chi connectivity index (χ0v) is 18.5. The van der Waals surface area contributed by atoms with Gasteiger partial charge >= 0.3 is 18.1 Å². The van der Waals surface area contributed by atoms with Crippen LogP contribution in [0.15, 0.2) is 0 Å². The first-order chi connectivity index (χ1) is 12.7. The Morgan fingerprint density at radius 1 is 0.964 bits per heavy atom. The predicted octanol–water partition coefficient (Wildman–Crippen LogP) is 3.42. The first-order valence-electron chi connectivity index (χ1n) is 9.68. The van der Waals surface area contributed by atoms with Crippen LogP contribution < -0.4 is 5.32 Å². The second-order valence-electron chi connectivity index (χ2n) is 9.04. The smallest absolute Gasteiger partial charge is 0.457 e. The van der Waals surface area contributed by atoms with Crippen LogP contribution in [0.5, 0.6) is 0 Å². The van der Waals surface area contributed by atoms with Crippen LogP contribution in [0.25, 0.3) is 0 Å². The highest BCUT2D eigenvalue weighted by Gasteiger charge is 2.26. The van der Waals surface area contributed by atoms with E-state index < -0.39 is 31.0 Å². The van der Waals surface area contributed by atoms with Crippen LogP contribution in [0, 0.1) is 11.3 Å². The largest absolute Gasteiger partial charge is 0.511 e. The number of ether oxygens (including phenoxy) is 4. The van der Waals surface area contributed by atoms with Gasteiger partial charge in [0.1, 0.15) is 0 Å². The van der Waals surface area contributed by atoms with Gasteiger partial charge in [-0.2, -0.15) is 0 Å². The van der Waals surface area contributed by atoms with Crippen molar-refractivity contribution in [2.45, 2.75) is 80.1 Å². The summed E-state index contributed by atoms with van der Waals surface area (Å²) in [6.07, 6.45) is -1.11. The molecule has 0 aromatic heterocycles. The molecule has 0 aliphatic heterocycles. The molecule has 0 bridgehead atoms. The summed E-state index contributed by atoms with van der Waals surface area (Å²) < 4.78 is 20.1. The van der Waals surface area contributed by atoms with Crippen LogP contribution in [0.4, 0.5) is 4.79 Å². The molecule has 0 saturated heterocycles. The molecule has 0 aromatic rings. The standard InChI is InChI=1S/C20H37NO7/c1-9-10-25-18(24)28-16(27-15(22)12-21-20(6,7)8)13-26-17(23)14(2)11-19(3,4)5/h14,16,21H,9-13H2,1-8H3. The third-order valence-electron chi connectivity index (χ3n) is 3.36. The molecular weight excluding hydrogens is 366 g/mol. The van der Waals surface area contributed by atoms with Gasteiger partial charge in [-0.1, -0.05) is 34.6 Å². The van der Waals surface area contributed by atoms with Gasteiger partial charge in [-0.3, -0.25) is 9.59 Å². The summed E-state index contributed by atoms with van der Waals surface area (Å²) in [5.41, 5.74) is -0.326. The maximum absolute atomic E-state index is 12.2. The first kappa shape index (κ1) is 26.2. The van der Waals surface area contributed by atoms with Crippen molar-refractivity contribution < 1.29 is 33.3 Å². The summed E-state index contributed by atoms with van der Waals surface area (Å²) in [6, 6.07) is 0. The fraction of sp³-hybridized carbons (Fsp3) is 0.850. The molecule has 2 atom stereocenters. The number of esters is 2. The molecule has 2 unspecified atom stereocenters. The van der Waals surface area contributed by atoms with E-state index in [4.69, 9.17) is 18.9 Å². The Balaban J connectivity index is 4.77. The van der Waals surface area contributed by atoms with Crippen molar-refractivity contribution in [3.05, 3.63) is 0 Å². The quantitative estimate of drug-likeness (QED) is 0.336. The Bertz CT molecular complexity index is 506. The van der Waals surface area contributed by atoms with E-state index in [9.17, 15) is 14.4 Å². The minimum atomic E-state index is -1.37. The van der Waals surface area contributed by atoms with Crippen molar-refractivity contribution in [2.75, 3.05) is 19.8 Å². The minimum Gasteiger partial charge on any atom is -0.457 e. The summed E-state index contributed by atoms with van der Waals surface area (Å²) in [6.45, 7) is 15.1. The van der Waals surface area contributed by atoms with Crippen molar-refractivity contribution in [1.82, 2.24) is 5.32 Å². The van der Waals surface area contributed by atoms with Crippen molar-refractivity contribution in [3.8, 4) is 0 Å². The number of hydrogen-bond acceptors (Lipinski definition) is 8. The van der Waals surface area contributed by atoms with E-state index in [-0.39, 0.29) is 30.0 Å². The van der Waals surface area contributed by atoms with Crippen molar-refractivity contribution in [1.29, 1.82) is 0 Å². The molecule has 28 heavy (non-hydrogen) atoms. The molecule has 0 saturated carbocycles. The van der Waals surface area contributed by atoms with E-state index in [0.717, 1.165) is 0 Å². The molecule has 0 heterocycles. The summed E-state index contributed by atoms with van der Waals surface area (Å²) in [7, 11) is 0. The number of hydrogen-bond donors (Lipinski definition) is 1. The highest BCUT2D eigenvalue weighted by atomic mass is 16.8. The van der Waals surface area contributed by atoms with Gasteiger partial charge in [-0.05, 0) is 39.0 Å². The Kier molecular flexibility index (Phi) is 11.1. The van der Waals surface area contributed by atoms with Gasteiger partial charge in [0.15, 0.2) is 6.61 Å². The van der Waals surface area contributed by atoms with Gasteiger partial charge in [0.05, 0.1) is 19.1 Å². The normalized spacial score (nSPS) is 14.0. The fourth-order valence-corrected chi connectivity index (χ4v) is 2.24. The average Bonchev–Trinajstić information content (AvgIpc) is 2.53. The van der Waals surface area contributed by atoms with Gasteiger partial charge in [-0.25, -0.2) is 4.79 Å². The zero-order chi connectivity index (χ0) is 22.0. The molecular formula is C20H37NO7. The van der Waals surface area contributed by atoms with Crippen LogP contribution >= 0.6 is 0 Å². The monoisotopic (exact) mass is 403 g/mol. The van der Waals surface area contributed by atoms with Crippen LogP contribution in [0.1, 0.15) is 68.2 Å². The lowest BCUT2D eigenvalue weighted by Gasteiger charge is -2.24. The molecule has 164 valence electrons. The zero-order valence-electron chi connectivity index (χ0n) is 18.5. The number of carbonyl (C=O) groups is 3. The molecule has 0 aromatic carbocycles. The first-order valence-corrected chi connectivity index (χ1v) is 9.68. The van der Waals surface area contributed by atoms with Crippen LogP contribution in [0.3, 0.4) is 0 Å². The summed E-state index contributed by atoms with van der Waals surface area (Å²) >= 11 is 0. The van der Waals surface area contributed by atoms with Crippen molar-refractivity contribution in [2.24, 2.45) is 11.3 Å². The predicted molar refractivity (Wildman–Crippen MR) is 105 cm³/mol. The molecule has 0 radical (unpaired) electrons. The van der Waals surface area contributed by atoms with Gasteiger partial charge in [0.2, 0.25) is 0 Å². The van der Waals surface area contributed by atoms with Gasteiger partial charge in [0.25, 0.3) is 6.29 Å². The highest BCUT2D eigenvalue weighted by molar-refractivity contribution is 5.73. The van der Waals surface area contributed by atoms with Crippen LogP contribution in [-0.4, -0.2) is 49.7 Å². The van der Waals surface area contributed by atoms with E-state index in [2.05, 4.69) is 5.32 Å². The molecule has 8 nitrogen and oxygen atoms in total. The second-order valence-corrected chi connectivity index (χ2v) is 9.04. The molecule has 0 aliphatic rings. The van der Waals surface area contributed by atoms with Gasteiger partial charge in [0, 0.05) is 5.54 Å². The average molecular weight is 404 g/mol. The van der Waals surface area contributed by atoms with Gasteiger partial charge in [-0.15, -0.1) is 0 Å². The molecule has 1 N–H and O–H groups in total. The molecule has 0 fully saturated rings. The summed E-state index contributed by atoms with van der Waals surface area (Å²) in [5.74, 6) is -1.43. The van der Waals surface area contributed by atoms with Crippen LogP contribution in [0.2, 0.25) is 0 Å². The maximum Gasteiger partial charge on any atom is 0.511 e. The number of nitrogens with one attached hydrogen (secondary N) is 1. The van der Waals surface area contributed by atoms with E-state index in [1.54, 1.807) is 6.92 Å². The number of carbonyl (C=O) groups excluding carboxylic acids is 3. The lowest BCUT2D eigenvalue weighted by Crippen LogP contribution is -2.41. The number of rotatable bonds is 10. The lowest BCUT2D eigenvalue weighted by atomic mass is 9.85. The molecule has 0 rings (SSSR count). The SMILES string of the molecule is CCCOC(=O)OC(COC(=O)C(C)CC(C)(C)C)OC(=O)CNC(C)(C)C. The Labute approximate surface area is 168 Å². The maximum atomic E-state index is 12.2. The Morgan fingerprint density at radius 3 is 2.07 bits per heavy atom. The summed E-state index contributed by atoms with van der Waals surface area (Å²) in [4.78, 5) is 35.9. The third-order valence-corrected chi connectivity index (χ3v) is 3.36. The minimum absolute atomic E-state index is 0.0383. The van der Waals surface area contributed by atoms with Gasteiger partial charge < -0.3 is 24.3 Å². The van der Waals surface area contributed by atoms with E-state index in [1.165, 1.54) is 0 Å².